The first-order valence-electron chi connectivity index (χ1n) is 8.12. The molecule has 0 unspecified atom stereocenters. The third-order valence-corrected chi connectivity index (χ3v) is 4.80. The van der Waals surface area contributed by atoms with Crippen molar-refractivity contribution < 1.29 is 14.3 Å². The van der Waals surface area contributed by atoms with E-state index in [1.165, 1.54) is 0 Å². The number of hydrogen-bond acceptors (Lipinski definition) is 4. The fourth-order valence-electron chi connectivity index (χ4n) is 3.07. The van der Waals surface area contributed by atoms with Crippen LogP contribution in [0.3, 0.4) is 0 Å². The zero-order chi connectivity index (χ0) is 17.1. The molecule has 2 rings (SSSR count). The minimum absolute atomic E-state index is 0.0384. The first-order chi connectivity index (χ1) is 10.8. The van der Waals surface area contributed by atoms with Crippen molar-refractivity contribution in [2.75, 3.05) is 20.8 Å². The van der Waals surface area contributed by atoms with E-state index in [1.807, 2.05) is 18.2 Å². The molecule has 1 aliphatic carbocycles. The molecule has 5 heteroatoms. The quantitative estimate of drug-likeness (QED) is 0.844. The Morgan fingerprint density at radius 3 is 2.39 bits per heavy atom. The molecule has 0 spiro atoms. The van der Waals surface area contributed by atoms with Gasteiger partial charge in [0.2, 0.25) is 5.91 Å². The number of benzene rings is 1. The van der Waals surface area contributed by atoms with Crippen molar-refractivity contribution in [2.24, 2.45) is 5.73 Å². The van der Waals surface area contributed by atoms with Gasteiger partial charge < -0.3 is 20.5 Å². The van der Waals surface area contributed by atoms with E-state index in [0.717, 1.165) is 31.2 Å². The number of carbonyl (C=O) groups is 1. The molecule has 0 heterocycles. The van der Waals surface area contributed by atoms with Crippen LogP contribution in [-0.4, -0.2) is 32.2 Å². The molecule has 0 bridgehead atoms. The summed E-state index contributed by atoms with van der Waals surface area (Å²) in [5.74, 6) is 1.35. The SMILES string of the molecule is COc1ccc(C(C)(C)CNC(=O)C2(N)CCCC2)cc1OC. The van der Waals surface area contributed by atoms with Crippen molar-refractivity contribution in [2.45, 2.75) is 50.5 Å². The molecular weight excluding hydrogens is 292 g/mol. The van der Waals surface area contributed by atoms with E-state index < -0.39 is 5.54 Å². The van der Waals surface area contributed by atoms with Gasteiger partial charge in [0.05, 0.1) is 19.8 Å². The molecule has 1 fully saturated rings. The van der Waals surface area contributed by atoms with Crippen LogP contribution in [0, 0.1) is 0 Å². The van der Waals surface area contributed by atoms with E-state index in [2.05, 4.69) is 19.2 Å². The molecule has 0 saturated heterocycles. The molecule has 0 aromatic heterocycles. The summed E-state index contributed by atoms with van der Waals surface area (Å²) in [7, 11) is 3.24. The van der Waals surface area contributed by atoms with Crippen LogP contribution in [0.25, 0.3) is 0 Å². The maximum atomic E-state index is 12.4. The Hall–Kier alpha value is -1.75. The Kier molecular flexibility index (Phi) is 5.19. The van der Waals surface area contributed by atoms with Crippen molar-refractivity contribution in [1.82, 2.24) is 5.32 Å². The molecule has 1 saturated carbocycles. The molecule has 23 heavy (non-hydrogen) atoms. The van der Waals surface area contributed by atoms with Crippen LogP contribution in [0.4, 0.5) is 0 Å². The smallest absolute Gasteiger partial charge is 0.240 e. The third kappa shape index (κ3) is 3.78. The van der Waals surface area contributed by atoms with Gasteiger partial charge in [-0.05, 0) is 30.5 Å². The van der Waals surface area contributed by atoms with Crippen molar-refractivity contribution in [1.29, 1.82) is 0 Å². The van der Waals surface area contributed by atoms with E-state index in [0.29, 0.717) is 18.0 Å². The van der Waals surface area contributed by atoms with Gasteiger partial charge in [0.15, 0.2) is 11.5 Å². The lowest BCUT2D eigenvalue weighted by Crippen LogP contribution is -2.53. The van der Waals surface area contributed by atoms with E-state index in [-0.39, 0.29) is 11.3 Å². The molecule has 1 aromatic rings. The Balaban J connectivity index is 2.08. The van der Waals surface area contributed by atoms with Crippen molar-refractivity contribution >= 4 is 5.91 Å². The summed E-state index contributed by atoms with van der Waals surface area (Å²) in [6.45, 7) is 4.71. The average molecular weight is 320 g/mol. The highest BCUT2D eigenvalue weighted by molar-refractivity contribution is 5.86. The van der Waals surface area contributed by atoms with Gasteiger partial charge in [0, 0.05) is 12.0 Å². The normalized spacial score (nSPS) is 16.9. The van der Waals surface area contributed by atoms with E-state index in [1.54, 1.807) is 14.2 Å². The standard InChI is InChI=1S/C18H28N2O3/c1-17(2,12-20-16(21)18(19)9-5-6-10-18)13-7-8-14(22-3)15(11-13)23-4/h7-8,11H,5-6,9-10,12,19H2,1-4H3,(H,20,21). The molecule has 0 atom stereocenters. The predicted octanol–water partition coefficient (Wildman–Crippen LogP) is 2.37. The van der Waals surface area contributed by atoms with E-state index in [4.69, 9.17) is 15.2 Å². The van der Waals surface area contributed by atoms with Gasteiger partial charge in [-0.1, -0.05) is 32.8 Å². The average Bonchev–Trinajstić information content (AvgIpc) is 2.99. The summed E-state index contributed by atoms with van der Waals surface area (Å²) >= 11 is 0. The first-order valence-corrected chi connectivity index (χ1v) is 8.12. The highest BCUT2D eigenvalue weighted by atomic mass is 16.5. The minimum atomic E-state index is -0.687. The molecule has 0 aliphatic heterocycles. The highest BCUT2D eigenvalue weighted by Crippen LogP contribution is 2.33. The lowest BCUT2D eigenvalue weighted by atomic mass is 9.84. The molecule has 5 nitrogen and oxygen atoms in total. The lowest BCUT2D eigenvalue weighted by Gasteiger charge is -2.29. The molecule has 1 aliphatic rings. The second kappa shape index (κ2) is 6.79. The lowest BCUT2D eigenvalue weighted by molar-refractivity contribution is -0.126. The monoisotopic (exact) mass is 320 g/mol. The van der Waals surface area contributed by atoms with Crippen LogP contribution in [0.2, 0.25) is 0 Å². The molecule has 1 amide bonds. The Labute approximate surface area is 138 Å². The van der Waals surface area contributed by atoms with Crippen LogP contribution < -0.4 is 20.5 Å². The number of ether oxygens (including phenoxy) is 2. The summed E-state index contributed by atoms with van der Waals surface area (Å²) in [6, 6.07) is 5.85. The third-order valence-electron chi connectivity index (χ3n) is 4.80. The van der Waals surface area contributed by atoms with Gasteiger partial charge in [0.1, 0.15) is 0 Å². The highest BCUT2D eigenvalue weighted by Gasteiger charge is 2.37. The predicted molar refractivity (Wildman–Crippen MR) is 91.0 cm³/mol. The van der Waals surface area contributed by atoms with Crippen LogP contribution in [-0.2, 0) is 10.2 Å². The van der Waals surface area contributed by atoms with Crippen molar-refractivity contribution in [3.63, 3.8) is 0 Å². The van der Waals surface area contributed by atoms with Gasteiger partial charge in [-0.25, -0.2) is 0 Å². The number of rotatable bonds is 6. The second-order valence-corrected chi connectivity index (χ2v) is 7.00. The minimum Gasteiger partial charge on any atom is -0.493 e. The summed E-state index contributed by atoms with van der Waals surface area (Å²) in [4.78, 5) is 12.4. The maximum Gasteiger partial charge on any atom is 0.240 e. The molecule has 1 aromatic carbocycles. The Morgan fingerprint density at radius 1 is 1.22 bits per heavy atom. The largest absolute Gasteiger partial charge is 0.493 e. The molecule has 0 radical (unpaired) electrons. The zero-order valence-corrected chi connectivity index (χ0v) is 14.6. The summed E-state index contributed by atoms with van der Waals surface area (Å²) in [6.07, 6.45) is 3.61. The summed E-state index contributed by atoms with van der Waals surface area (Å²) in [5.41, 5.74) is 6.36. The van der Waals surface area contributed by atoms with E-state index >= 15 is 0 Å². The number of methoxy groups -OCH3 is 2. The summed E-state index contributed by atoms with van der Waals surface area (Å²) < 4.78 is 10.6. The maximum absolute atomic E-state index is 12.4. The van der Waals surface area contributed by atoms with Crippen molar-refractivity contribution in [3.05, 3.63) is 23.8 Å². The molecule has 128 valence electrons. The van der Waals surface area contributed by atoms with Crippen LogP contribution in [0.1, 0.15) is 45.1 Å². The van der Waals surface area contributed by atoms with Gasteiger partial charge in [-0.2, -0.15) is 0 Å². The Morgan fingerprint density at radius 2 is 1.83 bits per heavy atom. The first kappa shape index (κ1) is 17.6. The van der Waals surface area contributed by atoms with Gasteiger partial charge >= 0.3 is 0 Å². The van der Waals surface area contributed by atoms with Crippen molar-refractivity contribution in [3.8, 4) is 11.5 Å². The van der Waals surface area contributed by atoms with Gasteiger partial charge in [0.25, 0.3) is 0 Å². The number of nitrogens with one attached hydrogen (secondary N) is 1. The van der Waals surface area contributed by atoms with Gasteiger partial charge in [-0.3, -0.25) is 4.79 Å². The second-order valence-electron chi connectivity index (χ2n) is 7.00. The van der Waals surface area contributed by atoms with Crippen LogP contribution in [0.15, 0.2) is 18.2 Å². The van der Waals surface area contributed by atoms with Gasteiger partial charge in [-0.15, -0.1) is 0 Å². The van der Waals surface area contributed by atoms with Crippen LogP contribution in [0.5, 0.6) is 11.5 Å². The topological polar surface area (TPSA) is 73.6 Å². The number of nitrogens with two attached hydrogens (primary N) is 1. The number of hydrogen-bond donors (Lipinski definition) is 2. The zero-order valence-electron chi connectivity index (χ0n) is 14.6. The van der Waals surface area contributed by atoms with Crippen LogP contribution >= 0.6 is 0 Å². The number of amides is 1. The summed E-state index contributed by atoms with van der Waals surface area (Å²) in [5, 5.41) is 3.03. The molecular formula is C18H28N2O3. The molecule has 3 N–H and O–H groups in total. The van der Waals surface area contributed by atoms with E-state index in [9.17, 15) is 4.79 Å². The fourth-order valence-corrected chi connectivity index (χ4v) is 3.07. The number of carbonyl (C=O) groups excluding carboxylic acids is 1. The Bertz CT molecular complexity index is 563. The fraction of sp³-hybridized carbons (Fsp3) is 0.611.